The molecule has 0 unspecified atom stereocenters. The Kier molecular flexibility index (Phi) is 7.61. The Morgan fingerprint density at radius 2 is 1.62 bits per heavy atom. The van der Waals surface area contributed by atoms with Gasteiger partial charge in [0.1, 0.15) is 0 Å². The highest BCUT2D eigenvalue weighted by atomic mass is 32.2. The van der Waals surface area contributed by atoms with Gasteiger partial charge in [-0.25, -0.2) is 8.42 Å². The van der Waals surface area contributed by atoms with E-state index in [1.54, 1.807) is 6.08 Å². The number of nitrogens with one attached hydrogen (secondary N) is 1. The van der Waals surface area contributed by atoms with E-state index in [0.29, 0.717) is 32.5 Å². The van der Waals surface area contributed by atoms with Gasteiger partial charge in [0, 0.05) is 31.0 Å². The number of amides is 1. The number of nitrogens with zero attached hydrogens (tertiary/aromatic N) is 1. The Labute approximate surface area is 173 Å². The Balaban J connectivity index is 1.41. The molecule has 0 radical (unpaired) electrons. The average Bonchev–Trinajstić information content (AvgIpc) is 2.77. The highest BCUT2D eigenvalue weighted by molar-refractivity contribution is 7.92. The van der Waals surface area contributed by atoms with E-state index in [1.807, 2.05) is 48.5 Å². The van der Waals surface area contributed by atoms with Gasteiger partial charge in [-0.3, -0.25) is 4.79 Å². The average molecular weight is 413 g/mol. The summed E-state index contributed by atoms with van der Waals surface area (Å²) in [6, 6.07) is 19.6. The van der Waals surface area contributed by atoms with Crippen LogP contribution in [0.5, 0.6) is 0 Å². The quantitative estimate of drug-likeness (QED) is 0.676. The number of rotatable bonds is 8. The molecule has 0 aliphatic carbocycles. The largest absolute Gasteiger partial charge is 0.356 e. The third-order valence-electron chi connectivity index (χ3n) is 5.20. The second-order valence-electron chi connectivity index (χ2n) is 7.31. The van der Waals surface area contributed by atoms with Crippen LogP contribution in [-0.2, 0) is 21.2 Å². The smallest absolute Gasteiger partial charge is 0.236 e. The number of carbonyl (C=O) groups is 1. The standard InChI is InChI=1S/C23H28N2O3S/c26-23(24-16-7-12-20-8-3-1-4-9-20)22-13-17-25(18-14-22)29(27,28)19-15-21-10-5-2-6-11-21/h1-6,8-11,15,19,22H,7,12-14,16-18H2,(H,24,26)/b19-15+. The van der Waals surface area contributed by atoms with Crippen molar-refractivity contribution in [3.63, 3.8) is 0 Å². The van der Waals surface area contributed by atoms with Gasteiger partial charge < -0.3 is 5.32 Å². The molecule has 1 heterocycles. The minimum Gasteiger partial charge on any atom is -0.356 e. The van der Waals surface area contributed by atoms with Crippen LogP contribution in [-0.4, -0.2) is 38.3 Å². The first-order valence-electron chi connectivity index (χ1n) is 10.1. The summed E-state index contributed by atoms with van der Waals surface area (Å²) in [5, 5.41) is 4.26. The molecule has 1 N–H and O–H groups in total. The first-order chi connectivity index (χ1) is 14.0. The fraction of sp³-hybridized carbons (Fsp3) is 0.348. The first kappa shape index (κ1) is 21.3. The second-order valence-corrected chi connectivity index (χ2v) is 9.13. The molecule has 3 rings (SSSR count). The number of carbonyl (C=O) groups excluding carboxylic acids is 1. The lowest BCUT2D eigenvalue weighted by Crippen LogP contribution is -2.42. The SMILES string of the molecule is O=C(NCCCc1ccccc1)C1CCN(S(=O)(=O)/C=C/c2ccccc2)CC1. The van der Waals surface area contributed by atoms with Gasteiger partial charge in [-0.2, -0.15) is 4.31 Å². The molecule has 0 aromatic heterocycles. The van der Waals surface area contributed by atoms with Gasteiger partial charge >= 0.3 is 0 Å². The van der Waals surface area contributed by atoms with Crippen molar-refractivity contribution in [2.75, 3.05) is 19.6 Å². The number of hydrogen-bond acceptors (Lipinski definition) is 3. The number of benzene rings is 2. The summed E-state index contributed by atoms with van der Waals surface area (Å²) in [5.74, 6) is -0.0776. The van der Waals surface area contributed by atoms with Gasteiger partial charge in [-0.1, -0.05) is 60.7 Å². The van der Waals surface area contributed by atoms with Crippen LogP contribution in [0.1, 0.15) is 30.4 Å². The summed E-state index contributed by atoms with van der Waals surface area (Å²) in [5.41, 5.74) is 2.12. The number of piperidine rings is 1. The van der Waals surface area contributed by atoms with E-state index in [1.165, 1.54) is 15.3 Å². The molecule has 1 saturated heterocycles. The Bertz CT molecular complexity index is 904. The molecule has 6 heteroatoms. The van der Waals surface area contributed by atoms with Gasteiger partial charge in [0.25, 0.3) is 0 Å². The molecule has 29 heavy (non-hydrogen) atoms. The molecule has 1 amide bonds. The monoisotopic (exact) mass is 412 g/mol. The van der Waals surface area contributed by atoms with Crippen LogP contribution in [0, 0.1) is 5.92 Å². The summed E-state index contributed by atoms with van der Waals surface area (Å²) in [6.45, 7) is 1.40. The zero-order chi connectivity index (χ0) is 20.5. The number of sulfonamides is 1. The molecule has 1 aliphatic heterocycles. The summed E-state index contributed by atoms with van der Waals surface area (Å²) >= 11 is 0. The first-order valence-corrected chi connectivity index (χ1v) is 11.6. The van der Waals surface area contributed by atoms with Crippen LogP contribution in [0.2, 0.25) is 0 Å². The number of aryl methyl sites for hydroxylation is 1. The lowest BCUT2D eigenvalue weighted by atomic mass is 9.97. The van der Waals surface area contributed by atoms with Crippen LogP contribution < -0.4 is 5.32 Å². The molecule has 5 nitrogen and oxygen atoms in total. The summed E-state index contributed by atoms with van der Waals surface area (Å²) < 4.78 is 26.5. The normalized spacial score (nSPS) is 16.1. The van der Waals surface area contributed by atoms with E-state index in [9.17, 15) is 13.2 Å². The molecule has 1 aliphatic rings. The van der Waals surface area contributed by atoms with Gasteiger partial charge in [0.2, 0.25) is 15.9 Å². The van der Waals surface area contributed by atoms with Crippen LogP contribution in [0.15, 0.2) is 66.1 Å². The maximum atomic E-state index is 12.5. The molecular weight excluding hydrogens is 384 g/mol. The van der Waals surface area contributed by atoms with Crippen LogP contribution in [0.4, 0.5) is 0 Å². The van der Waals surface area contributed by atoms with Gasteiger partial charge in [0.15, 0.2) is 0 Å². The van der Waals surface area contributed by atoms with E-state index in [4.69, 9.17) is 0 Å². The van der Waals surface area contributed by atoms with Crippen molar-refractivity contribution in [1.29, 1.82) is 0 Å². The summed E-state index contributed by atoms with van der Waals surface area (Å²) in [7, 11) is -3.46. The zero-order valence-corrected chi connectivity index (χ0v) is 17.4. The van der Waals surface area contributed by atoms with Crippen LogP contribution in [0.25, 0.3) is 6.08 Å². The summed E-state index contributed by atoms with van der Waals surface area (Å²) in [4.78, 5) is 12.4. The lowest BCUT2D eigenvalue weighted by molar-refractivity contribution is -0.126. The Morgan fingerprint density at radius 1 is 1.00 bits per heavy atom. The fourth-order valence-electron chi connectivity index (χ4n) is 3.48. The number of hydrogen-bond donors (Lipinski definition) is 1. The Hall–Kier alpha value is -2.44. The van der Waals surface area contributed by atoms with Crippen LogP contribution >= 0.6 is 0 Å². The molecular formula is C23H28N2O3S. The topological polar surface area (TPSA) is 66.5 Å². The minimum atomic E-state index is -3.46. The zero-order valence-electron chi connectivity index (χ0n) is 16.5. The molecule has 2 aromatic rings. The van der Waals surface area contributed by atoms with Crippen molar-refractivity contribution < 1.29 is 13.2 Å². The van der Waals surface area contributed by atoms with Crippen molar-refractivity contribution >= 4 is 22.0 Å². The van der Waals surface area contributed by atoms with E-state index in [0.717, 1.165) is 18.4 Å². The Morgan fingerprint density at radius 3 is 2.28 bits per heavy atom. The highest BCUT2D eigenvalue weighted by Crippen LogP contribution is 2.21. The van der Waals surface area contributed by atoms with E-state index >= 15 is 0 Å². The van der Waals surface area contributed by atoms with E-state index < -0.39 is 10.0 Å². The lowest BCUT2D eigenvalue weighted by Gasteiger charge is -2.29. The minimum absolute atomic E-state index is 0.0370. The summed E-state index contributed by atoms with van der Waals surface area (Å²) in [6.07, 6.45) is 4.56. The van der Waals surface area contributed by atoms with Gasteiger partial charge in [-0.05, 0) is 42.9 Å². The molecule has 2 aromatic carbocycles. The molecule has 0 spiro atoms. The molecule has 154 valence electrons. The van der Waals surface area contributed by atoms with Crippen molar-refractivity contribution in [2.45, 2.75) is 25.7 Å². The predicted molar refractivity (Wildman–Crippen MR) is 116 cm³/mol. The molecule has 0 bridgehead atoms. The fourth-order valence-corrected chi connectivity index (χ4v) is 4.70. The maximum absolute atomic E-state index is 12.5. The van der Waals surface area contributed by atoms with Crippen molar-refractivity contribution in [3.05, 3.63) is 77.2 Å². The molecule has 1 fully saturated rings. The van der Waals surface area contributed by atoms with Crippen LogP contribution in [0.3, 0.4) is 0 Å². The highest BCUT2D eigenvalue weighted by Gasteiger charge is 2.29. The van der Waals surface area contributed by atoms with Crippen molar-refractivity contribution in [1.82, 2.24) is 9.62 Å². The van der Waals surface area contributed by atoms with Gasteiger partial charge in [0.05, 0.1) is 0 Å². The predicted octanol–water partition coefficient (Wildman–Crippen LogP) is 3.45. The van der Waals surface area contributed by atoms with Crippen molar-refractivity contribution in [3.8, 4) is 0 Å². The third kappa shape index (κ3) is 6.54. The van der Waals surface area contributed by atoms with Crippen molar-refractivity contribution in [2.24, 2.45) is 5.92 Å². The van der Waals surface area contributed by atoms with Gasteiger partial charge in [-0.15, -0.1) is 0 Å². The maximum Gasteiger partial charge on any atom is 0.236 e. The molecule has 0 atom stereocenters. The van der Waals surface area contributed by atoms with E-state index in [2.05, 4.69) is 17.4 Å². The van der Waals surface area contributed by atoms with E-state index in [-0.39, 0.29) is 11.8 Å². The molecule has 0 saturated carbocycles. The third-order valence-corrected chi connectivity index (χ3v) is 6.77. The second kappa shape index (κ2) is 10.4.